The van der Waals surface area contributed by atoms with E-state index in [-0.39, 0.29) is 24.9 Å². The molecule has 1 aliphatic heterocycles. The third kappa shape index (κ3) is 5.36. The van der Waals surface area contributed by atoms with Crippen molar-refractivity contribution in [1.82, 2.24) is 14.5 Å². The van der Waals surface area contributed by atoms with Crippen molar-refractivity contribution in [3.05, 3.63) is 47.5 Å². The second kappa shape index (κ2) is 8.15. The summed E-state index contributed by atoms with van der Waals surface area (Å²) in [7, 11) is -0.00667. The van der Waals surface area contributed by atoms with Crippen LogP contribution in [0.3, 0.4) is 0 Å². The van der Waals surface area contributed by atoms with Crippen molar-refractivity contribution in [2.24, 2.45) is 0 Å². The maximum Gasteiger partial charge on any atom is 0.416 e. The molecule has 2 aromatic rings. The fourth-order valence-corrected chi connectivity index (χ4v) is 4.50. The monoisotopic (exact) mass is 430 g/mol. The molecule has 2 heterocycles. The molecular formula is C18H21F3N4O3S. The molecular weight excluding hydrogens is 409 g/mol. The maximum atomic E-state index is 12.6. The molecule has 0 radical (unpaired) electrons. The van der Waals surface area contributed by atoms with Gasteiger partial charge in [0.05, 0.1) is 17.9 Å². The topological polar surface area (TPSA) is 75.6 Å². The molecule has 3 rings (SSSR count). The Labute approximate surface area is 167 Å². The van der Waals surface area contributed by atoms with Crippen LogP contribution in [-0.4, -0.2) is 56.2 Å². The van der Waals surface area contributed by atoms with Gasteiger partial charge in [0.2, 0.25) is 15.9 Å². The first kappa shape index (κ1) is 21.3. The highest BCUT2D eigenvalue weighted by Crippen LogP contribution is 2.29. The van der Waals surface area contributed by atoms with Gasteiger partial charge in [-0.2, -0.15) is 17.5 Å². The number of ether oxygens (including phenoxy) is 1. The Bertz CT molecular complexity index is 932. The number of rotatable bonds is 6. The van der Waals surface area contributed by atoms with Crippen LogP contribution in [0.5, 0.6) is 5.88 Å². The van der Waals surface area contributed by atoms with Gasteiger partial charge in [0, 0.05) is 26.7 Å². The first-order valence-electron chi connectivity index (χ1n) is 8.86. The van der Waals surface area contributed by atoms with Gasteiger partial charge in [0.1, 0.15) is 6.10 Å². The summed E-state index contributed by atoms with van der Waals surface area (Å²) in [5.74, 6) is 0.613. The Morgan fingerprint density at radius 3 is 2.38 bits per heavy atom. The maximum absolute atomic E-state index is 12.6. The Balaban J connectivity index is 1.59. The highest BCUT2D eigenvalue weighted by Gasteiger charge is 2.33. The van der Waals surface area contributed by atoms with Gasteiger partial charge in [-0.3, -0.25) is 0 Å². The highest BCUT2D eigenvalue weighted by molar-refractivity contribution is 7.88. The molecule has 1 aliphatic rings. The minimum atomic E-state index is -4.45. The summed E-state index contributed by atoms with van der Waals surface area (Å²) < 4.78 is 70.1. The van der Waals surface area contributed by atoms with Gasteiger partial charge >= 0.3 is 6.18 Å². The largest absolute Gasteiger partial charge is 0.472 e. The molecule has 158 valence electrons. The number of sulfonamides is 1. The molecule has 0 N–H and O–H groups in total. The molecule has 1 atom stereocenters. The number of halogens is 3. The Morgan fingerprint density at radius 2 is 1.83 bits per heavy atom. The first-order valence-corrected chi connectivity index (χ1v) is 10.5. The molecule has 11 heteroatoms. The average Bonchev–Trinajstić information content (AvgIpc) is 3.11. The summed E-state index contributed by atoms with van der Waals surface area (Å²) in [5.41, 5.74) is -0.512. The SMILES string of the molecule is CN(C)c1ccc(OC2CCN(S(=O)(=O)Cc3ccc(C(F)(F)F)cc3)C2)nn1. The zero-order chi connectivity index (χ0) is 21.2. The van der Waals surface area contributed by atoms with Crippen molar-refractivity contribution in [3.8, 4) is 5.88 Å². The molecule has 0 saturated carbocycles. The lowest BCUT2D eigenvalue weighted by Crippen LogP contribution is -2.32. The van der Waals surface area contributed by atoms with Crippen molar-refractivity contribution in [1.29, 1.82) is 0 Å². The second-order valence-corrected chi connectivity index (χ2v) is 8.93. The lowest BCUT2D eigenvalue weighted by Gasteiger charge is -2.17. The number of aromatic nitrogens is 2. The fraction of sp³-hybridized carbons (Fsp3) is 0.444. The van der Waals surface area contributed by atoms with Crippen LogP contribution in [0.4, 0.5) is 19.0 Å². The normalized spacial score (nSPS) is 18.0. The van der Waals surface area contributed by atoms with Crippen molar-refractivity contribution in [2.75, 3.05) is 32.1 Å². The first-order chi connectivity index (χ1) is 13.5. The number of anilines is 1. The molecule has 1 aromatic heterocycles. The van der Waals surface area contributed by atoms with Crippen LogP contribution in [0.15, 0.2) is 36.4 Å². The predicted octanol–water partition coefficient (Wildman–Crippen LogP) is 2.54. The van der Waals surface area contributed by atoms with E-state index in [9.17, 15) is 21.6 Å². The molecule has 0 aliphatic carbocycles. The van der Waals surface area contributed by atoms with E-state index in [0.717, 1.165) is 12.1 Å². The van der Waals surface area contributed by atoms with E-state index in [1.807, 2.05) is 14.1 Å². The van der Waals surface area contributed by atoms with Crippen LogP contribution < -0.4 is 9.64 Å². The zero-order valence-corrected chi connectivity index (χ0v) is 16.7. The highest BCUT2D eigenvalue weighted by atomic mass is 32.2. The molecule has 0 bridgehead atoms. The van der Waals surface area contributed by atoms with Gasteiger partial charge in [-0.05, 0) is 30.2 Å². The van der Waals surface area contributed by atoms with Crippen LogP contribution in [-0.2, 0) is 22.0 Å². The summed E-state index contributed by atoms with van der Waals surface area (Å²) >= 11 is 0. The summed E-state index contributed by atoms with van der Waals surface area (Å²) in [4.78, 5) is 1.79. The third-order valence-electron chi connectivity index (χ3n) is 4.50. The summed E-state index contributed by atoms with van der Waals surface area (Å²) in [6.45, 7) is 0.428. The molecule has 1 unspecified atom stereocenters. The number of hydrogen-bond donors (Lipinski definition) is 0. The van der Waals surface area contributed by atoms with E-state index in [4.69, 9.17) is 4.74 Å². The molecule has 1 fully saturated rings. The molecule has 1 saturated heterocycles. The van der Waals surface area contributed by atoms with E-state index in [0.29, 0.717) is 23.7 Å². The van der Waals surface area contributed by atoms with Crippen molar-refractivity contribution < 1.29 is 26.3 Å². The quantitative estimate of drug-likeness (QED) is 0.701. The molecule has 0 spiro atoms. The van der Waals surface area contributed by atoms with Gasteiger partial charge in [0.15, 0.2) is 5.82 Å². The molecule has 1 aromatic carbocycles. The Morgan fingerprint density at radius 1 is 1.14 bits per heavy atom. The van der Waals surface area contributed by atoms with Crippen LogP contribution >= 0.6 is 0 Å². The second-order valence-electron chi connectivity index (χ2n) is 6.96. The van der Waals surface area contributed by atoms with Gasteiger partial charge < -0.3 is 9.64 Å². The van der Waals surface area contributed by atoms with Gasteiger partial charge in [0.25, 0.3) is 0 Å². The van der Waals surface area contributed by atoms with Crippen LogP contribution in [0, 0.1) is 0 Å². The van der Waals surface area contributed by atoms with Crippen molar-refractivity contribution in [2.45, 2.75) is 24.5 Å². The number of benzene rings is 1. The Kier molecular flexibility index (Phi) is 5.99. The lowest BCUT2D eigenvalue weighted by atomic mass is 10.1. The van der Waals surface area contributed by atoms with Crippen LogP contribution in [0.25, 0.3) is 0 Å². The minimum absolute atomic E-state index is 0.153. The molecule has 7 nitrogen and oxygen atoms in total. The summed E-state index contributed by atoms with van der Waals surface area (Å²) in [5, 5.41) is 7.98. The minimum Gasteiger partial charge on any atom is -0.472 e. The van der Waals surface area contributed by atoms with Crippen molar-refractivity contribution in [3.63, 3.8) is 0 Å². The fourth-order valence-electron chi connectivity index (χ4n) is 2.92. The standard InChI is InChI=1S/C18H21F3N4O3S/c1-24(2)16-7-8-17(23-22-16)28-15-9-10-25(11-15)29(26,27)12-13-3-5-14(6-4-13)18(19,20)21/h3-8,15H,9-12H2,1-2H3. The van der Waals surface area contributed by atoms with Gasteiger partial charge in [-0.1, -0.05) is 12.1 Å². The predicted molar refractivity (Wildman–Crippen MR) is 101 cm³/mol. The Hall–Kier alpha value is -2.40. The number of hydrogen-bond acceptors (Lipinski definition) is 6. The van der Waals surface area contributed by atoms with Gasteiger partial charge in [-0.15, -0.1) is 10.2 Å². The summed E-state index contributed by atoms with van der Waals surface area (Å²) in [6.07, 6.45) is -4.33. The van der Waals surface area contributed by atoms with Crippen LogP contribution in [0.2, 0.25) is 0 Å². The van der Waals surface area contributed by atoms with Crippen LogP contribution in [0.1, 0.15) is 17.5 Å². The number of alkyl halides is 3. The van der Waals surface area contributed by atoms with E-state index in [2.05, 4.69) is 10.2 Å². The van der Waals surface area contributed by atoms with E-state index in [1.165, 1.54) is 16.4 Å². The number of nitrogens with zero attached hydrogens (tertiary/aromatic N) is 4. The summed E-state index contributed by atoms with van der Waals surface area (Å²) in [6, 6.07) is 7.56. The lowest BCUT2D eigenvalue weighted by molar-refractivity contribution is -0.137. The van der Waals surface area contributed by atoms with E-state index in [1.54, 1.807) is 17.0 Å². The molecule has 29 heavy (non-hydrogen) atoms. The van der Waals surface area contributed by atoms with Gasteiger partial charge in [-0.25, -0.2) is 8.42 Å². The van der Waals surface area contributed by atoms with E-state index < -0.39 is 21.8 Å². The molecule has 0 amide bonds. The average molecular weight is 430 g/mol. The smallest absolute Gasteiger partial charge is 0.416 e. The zero-order valence-electron chi connectivity index (χ0n) is 15.9. The third-order valence-corrected chi connectivity index (χ3v) is 6.32. The van der Waals surface area contributed by atoms with E-state index >= 15 is 0 Å². The van der Waals surface area contributed by atoms with Crippen molar-refractivity contribution >= 4 is 15.8 Å².